The van der Waals surface area contributed by atoms with Crippen LogP contribution in [0.5, 0.6) is 0 Å². The summed E-state index contributed by atoms with van der Waals surface area (Å²) >= 11 is 0. The first kappa shape index (κ1) is 17.1. The van der Waals surface area contributed by atoms with Crippen LogP contribution >= 0.6 is 0 Å². The molecule has 1 aliphatic carbocycles. The third kappa shape index (κ3) is 5.14. The van der Waals surface area contributed by atoms with E-state index in [9.17, 15) is 0 Å². The summed E-state index contributed by atoms with van der Waals surface area (Å²) in [5.74, 6) is -0.804. The van der Waals surface area contributed by atoms with Gasteiger partial charge in [0.1, 0.15) is 13.2 Å². The van der Waals surface area contributed by atoms with E-state index in [1.165, 1.54) is 6.42 Å². The van der Waals surface area contributed by atoms with Crippen LogP contribution in [0, 0.1) is 0 Å². The Morgan fingerprint density at radius 2 is 1.08 bits per heavy atom. The molecule has 0 N–H and O–H groups in total. The Kier molecular flexibility index (Phi) is 6.38. The third-order valence-corrected chi connectivity index (χ3v) is 4.17. The lowest BCUT2D eigenvalue weighted by atomic mass is 9.94. The van der Waals surface area contributed by atoms with Crippen molar-refractivity contribution >= 4 is 0 Å². The van der Waals surface area contributed by atoms with Gasteiger partial charge in [-0.05, 0) is 24.0 Å². The molecule has 1 fully saturated rings. The van der Waals surface area contributed by atoms with Crippen LogP contribution in [-0.4, -0.2) is 5.79 Å². The highest BCUT2D eigenvalue weighted by molar-refractivity contribution is 5.13. The first-order valence-electron chi connectivity index (χ1n) is 8.55. The lowest BCUT2D eigenvalue weighted by molar-refractivity contribution is -0.523. The summed E-state index contributed by atoms with van der Waals surface area (Å²) in [6.07, 6.45) is 4.83. The minimum absolute atomic E-state index is 0.393. The quantitative estimate of drug-likeness (QED) is 0.390. The average Bonchev–Trinajstić information content (AvgIpc) is 2.64. The minimum atomic E-state index is -0.804. The van der Waals surface area contributed by atoms with E-state index in [0.717, 1.165) is 36.8 Å². The maximum Gasteiger partial charge on any atom is 0.234 e. The standard InChI is InChI=1S/C20H24O4/c1-4-10-18(11-5-1)16-21-23-20(14-8-3-9-15-20)24-22-17-19-12-6-2-7-13-19/h1-2,4-7,10-13H,3,8-9,14-17H2. The van der Waals surface area contributed by atoms with Crippen molar-refractivity contribution in [2.45, 2.75) is 51.1 Å². The largest absolute Gasteiger partial charge is 0.234 e. The molecule has 24 heavy (non-hydrogen) atoms. The maximum atomic E-state index is 5.67. The zero-order valence-corrected chi connectivity index (χ0v) is 13.9. The zero-order valence-electron chi connectivity index (χ0n) is 13.9. The van der Waals surface area contributed by atoms with Crippen molar-refractivity contribution in [2.24, 2.45) is 0 Å². The van der Waals surface area contributed by atoms with Gasteiger partial charge in [-0.1, -0.05) is 67.1 Å². The Morgan fingerprint density at radius 1 is 0.625 bits per heavy atom. The first-order chi connectivity index (χ1) is 11.9. The average molecular weight is 328 g/mol. The highest BCUT2D eigenvalue weighted by Crippen LogP contribution is 2.33. The first-order valence-corrected chi connectivity index (χ1v) is 8.55. The van der Waals surface area contributed by atoms with Gasteiger partial charge in [0.25, 0.3) is 0 Å². The van der Waals surface area contributed by atoms with Gasteiger partial charge in [-0.15, -0.1) is 0 Å². The van der Waals surface area contributed by atoms with E-state index in [2.05, 4.69) is 0 Å². The molecule has 1 aliphatic rings. The molecule has 0 bridgehead atoms. The van der Waals surface area contributed by atoms with Gasteiger partial charge in [0, 0.05) is 12.8 Å². The van der Waals surface area contributed by atoms with Crippen molar-refractivity contribution < 1.29 is 19.6 Å². The molecule has 2 aromatic rings. The highest BCUT2D eigenvalue weighted by Gasteiger charge is 2.37. The molecule has 0 radical (unpaired) electrons. The minimum Gasteiger partial charge on any atom is -0.229 e. The zero-order chi connectivity index (χ0) is 16.5. The summed E-state index contributed by atoms with van der Waals surface area (Å²) in [7, 11) is 0. The molecule has 0 aliphatic heterocycles. The van der Waals surface area contributed by atoms with Gasteiger partial charge in [-0.3, -0.25) is 0 Å². The molecule has 0 spiro atoms. The predicted octanol–water partition coefficient (Wildman–Crippen LogP) is 4.94. The molecule has 4 heteroatoms. The lowest BCUT2D eigenvalue weighted by Crippen LogP contribution is -2.38. The normalized spacial score (nSPS) is 16.8. The van der Waals surface area contributed by atoms with E-state index in [1.54, 1.807) is 0 Å². The van der Waals surface area contributed by atoms with E-state index in [4.69, 9.17) is 19.6 Å². The number of hydrogen-bond acceptors (Lipinski definition) is 4. The van der Waals surface area contributed by atoms with Crippen LogP contribution in [0.1, 0.15) is 43.2 Å². The summed E-state index contributed by atoms with van der Waals surface area (Å²) in [5, 5.41) is 0. The Labute approximate surface area is 143 Å². The molecule has 0 amide bonds. The smallest absolute Gasteiger partial charge is 0.229 e. The van der Waals surface area contributed by atoms with E-state index >= 15 is 0 Å². The molecular weight excluding hydrogens is 304 g/mol. The molecule has 2 aromatic carbocycles. The molecule has 0 heterocycles. The van der Waals surface area contributed by atoms with Crippen LogP contribution in [0.25, 0.3) is 0 Å². The second kappa shape index (κ2) is 8.94. The van der Waals surface area contributed by atoms with Gasteiger partial charge in [0.15, 0.2) is 0 Å². The Balaban J connectivity index is 1.50. The molecule has 4 nitrogen and oxygen atoms in total. The van der Waals surface area contributed by atoms with Crippen molar-refractivity contribution in [3.05, 3.63) is 71.8 Å². The summed E-state index contributed by atoms with van der Waals surface area (Å²) in [6.45, 7) is 0.787. The van der Waals surface area contributed by atoms with Gasteiger partial charge in [0.05, 0.1) is 0 Å². The molecule has 0 saturated heterocycles. The second-order valence-corrected chi connectivity index (χ2v) is 6.13. The summed E-state index contributed by atoms with van der Waals surface area (Å²) in [5.41, 5.74) is 2.13. The van der Waals surface area contributed by atoms with Crippen LogP contribution in [0.3, 0.4) is 0 Å². The molecule has 0 aromatic heterocycles. The van der Waals surface area contributed by atoms with Gasteiger partial charge < -0.3 is 0 Å². The fourth-order valence-corrected chi connectivity index (χ4v) is 2.83. The highest BCUT2D eigenvalue weighted by atomic mass is 17.3. The number of benzene rings is 2. The Bertz CT molecular complexity index is 532. The van der Waals surface area contributed by atoms with Gasteiger partial charge in [-0.2, -0.15) is 9.78 Å². The lowest BCUT2D eigenvalue weighted by Gasteiger charge is -2.33. The third-order valence-electron chi connectivity index (χ3n) is 4.17. The van der Waals surface area contributed by atoms with Crippen molar-refractivity contribution in [1.29, 1.82) is 0 Å². The van der Waals surface area contributed by atoms with Gasteiger partial charge >= 0.3 is 0 Å². The topological polar surface area (TPSA) is 36.9 Å². The summed E-state index contributed by atoms with van der Waals surface area (Å²) < 4.78 is 0. The van der Waals surface area contributed by atoms with Crippen molar-refractivity contribution in [3.63, 3.8) is 0 Å². The van der Waals surface area contributed by atoms with E-state index in [0.29, 0.717) is 13.2 Å². The molecule has 0 unspecified atom stereocenters. The van der Waals surface area contributed by atoms with Crippen molar-refractivity contribution in [2.75, 3.05) is 0 Å². The van der Waals surface area contributed by atoms with Crippen molar-refractivity contribution in [1.82, 2.24) is 0 Å². The summed E-state index contributed by atoms with van der Waals surface area (Å²) in [4.78, 5) is 22.3. The van der Waals surface area contributed by atoms with Crippen LogP contribution in [-0.2, 0) is 32.8 Å². The molecular formula is C20H24O4. The number of rotatable bonds is 8. The van der Waals surface area contributed by atoms with Crippen molar-refractivity contribution in [3.8, 4) is 0 Å². The molecule has 1 saturated carbocycles. The van der Waals surface area contributed by atoms with E-state index < -0.39 is 5.79 Å². The van der Waals surface area contributed by atoms with E-state index in [-0.39, 0.29) is 0 Å². The summed E-state index contributed by atoms with van der Waals surface area (Å²) in [6, 6.07) is 19.9. The van der Waals surface area contributed by atoms with Crippen LogP contribution in [0.4, 0.5) is 0 Å². The molecule has 3 rings (SSSR count). The molecule has 128 valence electrons. The van der Waals surface area contributed by atoms with Crippen LogP contribution in [0.15, 0.2) is 60.7 Å². The number of hydrogen-bond donors (Lipinski definition) is 0. The predicted molar refractivity (Wildman–Crippen MR) is 90.4 cm³/mol. The SMILES string of the molecule is c1ccc(COOC2(OOCc3ccccc3)CCCCC2)cc1. The Morgan fingerprint density at radius 3 is 1.54 bits per heavy atom. The van der Waals surface area contributed by atoms with Gasteiger partial charge in [0.2, 0.25) is 5.79 Å². The fourth-order valence-electron chi connectivity index (χ4n) is 2.83. The van der Waals surface area contributed by atoms with Crippen LogP contribution < -0.4 is 0 Å². The van der Waals surface area contributed by atoms with E-state index in [1.807, 2.05) is 60.7 Å². The second-order valence-electron chi connectivity index (χ2n) is 6.13. The maximum absolute atomic E-state index is 5.67. The Hall–Kier alpha value is -1.72. The van der Waals surface area contributed by atoms with Gasteiger partial charge in [-0.25, -0.2) is 9.78 Å². The fraction of sp³-hybridized carbons (Fsp3) is 0.400. The molecule has 0 atom stereocenters. The van der Waals surface area contributed by atoms with Crippen LogP contribution in [0.2, 0.25) is 0 Å². The monoisotopic (exact) mass is 328 g/mol.